The summed E-state index contributed by atoms with van der Waals surface area (Å²) in [6.45, 7) is 1.53. The first kappa shape index (κ1) is 10.7. The van der Waals surface area contributed by atoms with Gasteiger partial charge in [0.25, 0.3) is 0 Å². The van der Waals surface area contributed by atoms with Gasteiger partial charge in [0.1, 0.15) is 5.69 Å². The monoisotopic (exact) mass is 237 g/mol. The number of Topliss-reactive ketones (excluding diaryl/α,β-unsaturated/α-hetero) is 1. The molecule has 3 aromatic rings. The number of carbonyl (C=O) groups excluding carboxylic acids is 1. The van der Waals surface area contributed by atoms with E-state index in [0.717, 1.165) is 16.6 Å². The molecule has 0 saturated carbocycles. The zero-order valence-electron chi connectivity index (χ0n) is 9.88. The van der Waals surface area contributed by atoms with Gasteiger partial charge in [-0.2, -0.15) is 0 Å². The summed E-state index contributed by atoms with van der Waals surface area (Å²) in [6, 6.07) is 15.3. The van der Waals surface area contributed by atoms with E-state index in [1.807, 2.05) is 42.5 Å². The average molecular weight is 237 g/mol. The maximum atomic E-state index is 11.5. The third-order valence-electron chi connectivity index (χ3n) is 2.92. The number of hydrogen-bond acceptors (Lipinski definition) is 3. The van der Waals surface area contributed by atoms with Gasteiger partial charge in [-0.15, -0.1) is 0 Å². The summed E-state index contributed by atoms with van der Waals surface area (Å²) in [6.07, 6.45) is 0. The number of benzene rings is 2. The van der Waals surface area contributed by atoms with Gasteiger partial charge in [0.15, 0.2) is 11.4 Å². The first-order valence-corrected chi connectivity index (χ1v) is 5.72. The minimum absolute atomic E-state index is 0.0173. The smallest absolute Gasteiger partial charge is 0.178 e. The molecular formula is C15H11NO2. The summed E-state index contributed by atoms with van der Waals surface area (Å²) in [4.78, 5) is 11.5. The van der Waals surface area contributed by atoms with Crippen LogP contribution in [-0.4, -0.2) is 10.9 Å². The molecule has 0 unspecified atom stereocenters. The largest absolute Gasteiger partial charge is 0.355 e. The third-order valence-corrected chi connectivity index (χ3v) is 2.92. The molecule has 0 amide bonds. The maximum Gasteiger partial charge on any atom is 0.178 e. The highest BCUT2D eigenvalue weighted by Crippen LogP contribution is 2.29. The van der Waals surface area contributed by atoms with E-state index in [9.17, 15) is 4.79 Å². The average Bonchev–Trinajstić information content (AvgIpc) is 2.83. The van der Waals surface area contributed by atoms with Gasteiger partial charge < -0.3 is 4.52 Å². The standard InChI is InChI=1S/C15H11NO2/c1-10(17)12-8-5-9-13-14(16-18-15(12)13)11-6-3-2-4-7-11/h2-9H,1H3. The van der Waals surface area contributed by atoms with Crippen LogP contribution in [0.15, 0.2) is 53.1 Å². The fourth-order valence-corrected chi connectivity index (χ4v) is 2.04. The molecule has 0 fully saturated rings. The normalized spacial score (nSPS) is 10.7. The van der Waals surface area contributed by atoms with Crippen molar-refractivity contribution in [1.82, 2.24) is 5.16 Å². The Morgan fingerprint density at radius 3 is 2.56 bits per heavy atom. The quantitative estimate of drug-likeness (QED) is 0.638. The van der Waals surface area contributed by atoms with E-state index < -0.39 is 0 Å². The zero-order valence-corrected chi connectivity index (χ0v) is 9.88. The van der Waals surface area contributed by atoms with Gasteiger partial charge in [0.05, 0.1) is 10.9 Å². The Balaban J connectivity index is 2.28. The Hall–Kier alpha value is -2.42. The van der Waals surface area contributed by atoms with Crippen LogP contribution in [0.1, 0.15) is 17.3 Å². The molecule has 0 saturated heterocycles. The molecule has 2 aromatic carbocycles. The number of ketones is 1. The minimum Gasteiger partial charge on any atom is -0.355 e. The molecule has 0 aliphatic carbocycles. The number of para-hydroxylation sites is 1. The third kappa shape index (κ3) is 1.61. The van der Waals surface area contributed by atoms with E-state index in [1.165, 1.54) is 6.92 Å². The maximum absolute atomic E-state index is 11.5. The lowest BCUT2D eigenvalue weighted by molar-refractivity contribution is 0.101. The van der Waals surface area contributed by atoms with Crippen molar-refractivity contribution in [1.29, 1.82) is 0 Å². The van der Waals surface area contributed by atoms with Crippen LogP contribution in [-0.2, 0) is 0 Å². The molecule has 0 bridgehead atoms. The fraction of sp³-hybridized carbons (Fsp3) is 0.0667. The summed E-state index contributed by atoms with van der Waals surface area (Å²) in [5, 5.41) is 4.95. The highest BCUT2D eigenvalue weighted by Gasteiger charge is 2.14. The molecule has 0 aliphatic heterocycles. The van der Waals surface area contributed by atoms with Gasteiger partial charge in [0.2, 0.25) is 0 Å². The van der Waals surface area contributed by atoms with Crippen molar-refractivity contribution in [3.8, 4) is 11.3 Å². The van der Waals surface area contributed by atoms with Crippen molar-refractivity contribution in [2.75, 3.05) is 0 Å². The number of carbonyl (C=O) groups is 1. The summed E-state index contributed by atoms with van der Waals surface area (Å²) < 4.78 is 5.33. The Morgan fingerprint density at radius 2 is 1.83 bits per heavy atom. The lowest BCUT2D eigenvalue weighted by Gasteiger charge is -1.97. The Kier molecular flexibility index (Phi) is 2.45. The van der Waals surface area contributed by atoms with Crippen LogP contribution in [0.5, 0.6) is 0 Å². The highest BCUT2D eigenvalue weighted by molar-refractivity contribution is 6.07. The minimum atomic E-state index is -0.0173. The Morgan fingerprint density at radius 1 is 1.06 bits per heavy atom. The second-order valence-corrected chi connectivity index (χ2v) is 4.14. The molecule has 18 heavy (non-hydrogen) atoms. The van der Waals surface area contributed by atoms with Gasteiger partial charge in [-0.1, -0.05) is 41.6 Å². The molecule has 0 radical (unpaired) electrons. The summed E-state index contributed by atoms with van der Waals surface area (Å²) in [5.41, 5.74) is 2.89. The van der Waals surface area contributed by atoms with Crippen molar-refractivity contribution < 1.29 is 9.32 Å². The van der Waals surface area contributed by atoms with Crippen LogP contribution < -0.4 is 0 Å². The van der Waals surface area contributed by atoms with E-state index in [2.05, 4.69) is 5.16 Å². The number of aromatic nitrogens is 1. The zero-order chi connectivity index (χ0) is 12.5. The van der Waals surface area contributed by atoms with E-state index >= 15 is 0 Å². The van der Waals surface area contributed by atoms with Gasteiger partial charge in [-0.05, 0) is 19.1 Å². The predicted octanol–water partition coefficient (Wildman–Crippen LogP) is 3.70. The second-order valence-electron chi connectivity index (χ2n) is 4.14. The molecule has 0 spiro atoms. The van der Waals surface area contributed by atoms with Crippen molar-refractivity contribution in [2.24, 2.45) is 0 Å². The van der Waals surface area contributed by atoms with Crippen LogP contribution in [0, 0.1) is 0 Å². The number of nitrogens with zero attached hydrogens (tertiary/aromatic N) is 1. The molecule has 88 valence electrons. The topological polar surface area (TPSA) is 43.1 Å². The van der Waals surface area contributed by atoms with Crippen LogP contribution in [0.25, 0.3) is 22.2 Å². The Bertz CT molecular complexity index is 714. The lowest BCUT2D eigenvalue weighted by Crippen LogP contribution is -1.91. The van der Waals surface area contributed by atoms with E-state index in [4.69, 9.17) is 4.52 Å². The van der Waals surface area contributed by atoms with Crippen LogP contribution in [0.4, 0.5) is 0 Å². The van der Waals surface area contributed by atoms with Crippen LogP contribution >= 0.6 is 0 Å². The van der Waals surface area contributed by atoms with Gasteiger partial charge in [-0.25, -0.2) is 0 Å². The molecule has 0 N–H and O–H groups in total. The van der Waals surface area contributed by atoms with E-state index in [-0.39, 0.29) is 5.78 Å². The fourth-order valence-electron chi connectivity index (χ4n) is 2.04. The molecular weight excluding hydrogens is 226 g/mol. The van der Waals surface area contributed by atoms with Gasteiger partial charge in [-0.3, -0.25) is 4.79 Å². The summed E-state index contributed by atoms with van der Waals surface area (Å²) >= 11 is 0. The SMILES string of the molecule is CC(=O)c1cccc2c(-c3ccccc3)noc12. The number of rotatable bonds is 2. The summed E-state index contributed by atoms with van der Waals surface area (Å²) in [7, 11) is 0. The molecule has 1 aromatic heterocycles. The molecule has 3 rings (SSSR count). The first-order valence-electron chi connectivity index (χ1n) is 5.72. The first-order chi connectivity index (χ1) is 8.77. The number of fused-ring (bicyclic) bond motifs is 1. The van der Waals surface area contributed by atoms with Crippen molar-refractivity contribution in [2.45, 2.75) is 6.92 Å². The van der Waals surface area contributed by atoms with E-state index in [1.54, 1.807) is 6.07 Å². The highest BCUT2D eigenvalue weighted by atomic mass is 16.5. The molecule has 3 heteroatoms. The van der Waals surface area contributed by atoms with Crippen LogP contribution in [0.2, 0.25) is 0 Å². The van der Waals surface area contributed by atoms with Gasteiger partial charge in [0, 0.05) is 5.56 Å². The van der Waals surface area contributed by atoms with E-state index in [0.29, 0.717) is 11.1 Å². The van der Waals surface area contributed by atoms with Crippen LogP contribution in [0.3, 0.4) is 0 Å². The number of hydrogen-bond donors (Lipinski definition) is 0. The molecule has 3 nitrogen and oxygen atoms in total. The van der Waals surface area contributed by atoms with Gasteiger partial charge >= 0.3 is 0 Å². The van der Waals surface area contributed by atoms with Crippen molar-refractivity contribution in [3.63, 3.8) is 0 Å². The van der Waals surface area contributed by atoms with Crippen molar-refractivity contribution in [3.05, 3.63) is 54.1 Å². The Labute approximate surface area is 104 Å². The molecule has 0 aliphatic rings. The van der Waals surface area contributed by atoms with Crippen molar-refractivity contribution >= 4 is 16.8 Å². The second kappa shape index (κ2) is 4.11. The predicted molar refractivity (Wildman–Crippen MR) is 69.4 cm³/mol. The summed E-state index contributed by atoms with van der Waals surface area (Å²) in [5.74, 6) is -0.0173. The lowest BCUT2D eigenvalue weighted by atomic mass is 10.0. The molecule has 1 heterocycles. The molecule has 0 atom stereocenters.